The summed E-state index contributed by atoms with van der Waals surface area (Å²) in [4.78, 5) is 0. The third kappa shape index (κ3) is 2.40. The molecular weight excluding hydrogens is 208 g/mol. The number of nitrogens with one attached hydrogen (secondary N) is 1. The van der Waals surface area contributed by atoms with Crippen LogP contribution >= 0.6 is 0 Å². The molecule has 6 nitrogen and oxygen atoms in total. The predicted molar refractivity (Wildman–Crippen MR) is 57.8 cm³/mol. The highest BCUT2D eigenvalue weighted by Gasteiger charge is 2.33. The lowest BCUT2D eigenvalue weighted by Gasteiger charge is -2.15. The Labute approximate surface area is 94.3 Å². The highest BCUT2D eigenvalue weighted by atomic mass is 16.3. The van der Waals surface area contributed by atoms with E-state index in [0.29, 0.717) is 13.1 Å². The Morgan fingerprint density at radius 1 is 1.56 bits per heavy atom. The molecule has 90 valence electrons. The van der Waals surface area contributed by atoms with Crippen LogP contribution in [-0.2, 0) is 13.0 Å². The molecule has 1 aromatic heterocycles. The molecule has 3 atom stereocenters. The average molecular weight is 226 g/mol. The summed E-state index contributed by atoms with van der Waals surface area (Å²) in [6.45, 7) is 3.06. The lowest BCUT2D eigenvalue weighted by molar-refractivity contribution is 0.0372. The van der Waals surface area contributed by atoms with Gasteiger partial charge in [-0.3, -0.25) is 4.68 Å². The zero-order valence-electron chi connectivity index (χ0n) is 9.37. The zero-order valence-corrected chi connectivity index (χ0v) is 9.37. The monoisotopic (exact) mass is 226 g/mol. The van der Waals surface area contributed by atoms with Crippen molar-refractivity contribution in [2.24, 2.45) is 0 Å². The van der Waals surface area contributed by atoms with Gasteiger partial charge in [0.05, 0.1) is 30.5 Å². The van der Waals surface area contributed by atoms with Gasteiger partial charge in [0.2, 0.25) is 0 Å². The molecule has 16 heavy (non-hydrogen) atoms. The number of hydrogen-bond acceptors (Lipinski definition) is 5. The predicted octanol–water partition coefficient (Wildman–Crippen LogP) is -1.08. The summed E-state index contributed by atoms with van der Waals surface area (Å²) in [5, 5.41) is 30.1. The maximum atomic E-state index is 9.65. The maximum absolute atomic E-state index is 9.65. The molecule has 3 N–H and O–H groups in total. The first kappa shape index (κ1) is 11.5. The Morgan fingerprint density at radius 3 is 3.00 bits per heavy atom. The van der Waals surface area contributed by atoms with Gasteiger partial charge in [-0.05, 0) is 6.42 Å². The Balaban J connectivity index is 1.93. The molecule has 0 aliphatic carbocycles. The van der Waals surface area contributed by atoms with Gasteiger partial charge in [-0.1, -0.05) is 18.6 Å². The van der Waals surface area contributed by atoms with Gasteiger partial charge in [-0.15, -0.1) is 5.10 Å². The maximum Gasteiger partial charge on any atom is 0.0982 e. The Bertz CT molecular complexity index is 341. The molecule has 0 bridgehead atoms. The molecule has 0 saturated carbocycles. The number of aliphatic hydroxyl groups excluding tert-OH is 2. The van der Waals surface area contributed by atoms with Gasteiger partial charge in [0, 0.05) is 12.7 Å². The van der Waals surface area contributed by atoms with E-state index >= 15 is 0 Å². The summed E-state index contributed by atoms with van der Waals surface area (Å²) < 4.78 is 1.71. The van der Waals surface area contributed by atoms with Crippen molar-refractivity contribution in [3.05, 3.63) is 11.9 Å². The van der Waals surface area contributed by atoms with Crippen LogP contribution in [0.2, 0.25) is 0 Å². The van der Waals surface area contributed by atoms with Crippen LogP contribution in [0.15, 0.2) is 6.20 Å². The molecule has 0 amide bonds. The van der Waals surface area contributed by atoms with E-state index in [9.17, 15) is 10.2 Å². The van der Waals surface area contributed by atoms with Gasteiger partial charge in [0.1, 0.15) is 0 Å². The van der Waals surface area contributed by atoms with E-state index < -0.39 is 12.2 Å². The van der Waals surface area contributed by atoms with E-state index in [4.69, 9.17) is 0 Å². The van der Waals surface area contributed by atoms with Gasteiger partial charge in [-0.25, -0.2) is 0 Å². The topological polar surface area (TPSA) is 83.2 Å². The number of nitrogens with zero attached hydrogens (tertiary/aromatic N) is 3. The van der Waals surface area contributed by atoms with Crippen LogP contribution < -0.4 is 5.32 Å². The number of aryl methyl sites for hydroxylation is 1. The number of aromatic nitrogens is 3. The van der Waals surface area contributed by atoms with Crippen molar-refractivity contribution in [2.75, 3.05) is 6.54 Å². The largest absolute Gasteiger partial charge is 0.389 e. The highest BCUT2D eigenvalue weighted by Crippen LogP contribution is 2.10. The summed E-state index contributed by atoms with van der Waals surface area (Å²) in [5.74, 6) is 0. The van der Waals surface area contributed by atoms with Crippen molar-refractivity contribution >= 4 is 0 Å². The summed E-state index contributed by atoms with van der Waals surface area (Å²) in [6, 6.07) is -0.147. The van der Waals surface area contributed by atoms with Crippen molar-refractivity contribution < 1.29 is 10.2 Å². The average Bonchev–Trinajstić information content (AvgIpc) is 2.82. The van der Waals surface area contributed by atoms with E-state index in [0.717, 1.165) is 18.5 Å². The Morgan fingerprint density at radius 2 is 2.38 bits per heavy atom. The molecule has 1 aromatic rings. The third-order valence-electron chi connectivity index (χ3n) is 2.87. The summed E-state index contributed by atoms with van der Waals surface area (Å²) in [7, 11) is 0. The van der Waals surface area contributed by atoms with Crippen LogP contribution in [0.25, 0.3) is 0 Å². The molecule has 0 unspecified atom stereocenters. The van der Waals surface area contributed by atoms with Crippen LogP contribution in [0.4, 0.5) is 0 Å². The summed E-state index contributed by atoms with van der Waals surface area (Å²) in [6.07, 6.45) is 2.45. The minimum absolute atomic E-state index is 0.147. The highest BCUT2D eigenvalue weighted by molar-refractivity contribution is 4.95. The number of β-amino-alcohol motifs (C(OH)–C–C–N with tert-alkyl or cyclic N) is 1. The second kappa shape index (κ2) is 4.90. The molecule has 0 radical (unpaired) electrons. The lowest BCUT2D eigenvalue weighted by Crippen LogP contribution is -2.36. The molecule has 6 heteroatoms. The van der Waals surface area contributed by atoms with E-state index in [1.165, 1.54) is 0 Å². The van der Waals surface area contributed by atoms with Gasteiger partial charge in [0.25, 0.3) is 0 Å². The van der Waals surface area contributed by atoms with Crippen LogP contribution in [-0.4, -0.2) is 50.0 Å². The van der Waals surface area contributed by atoms with E-state index in [1.807, 2.05) is 6.20 Å². The smallest absolute Gasteiger partial charge is 0.0982 e. The van der Waals surface area contributed by atoms with Crippen LogP contribution in [0.5, 0.6) is 0 Å². The van der Waals surface area contributed by atoms with E-state index in [-0.39, 0.29) is 6.04 Å². The summed E-state index contributed by atoms with van der Waals surface area (Å²) in [5.41, 5.74) is 0.968. The Hall–Kier alpha value is -0.980. The van der Waals surface area contributed by atoms with Crippen molar-refractivity contribution in [3.8, 4) is 0 Å². The lowest BCUT2D eigenvalue weighted by atomic mass is 10.1. The van der Waals surface area contributed by atoms with Crippen LogP contribution in [0.1, 0.15) is 19.0 Å². The minimum atomic E-state index is -0.723. The number of rotatable bonds is 4. The van der Waals surface area contributed by atoms with Gasteiger partial charge in [-0.2, -0.15) is 0 Å². The molecule has 2 rings (SSSR count). The zero-order chi connectivity index (χ0) is 11.5. The van der Waals surface area contributed by atoms with E-state index in [2.05, 4.69) is 22.6 Å². The van der Waals surface area contributed by atoms with Gasteiger partial charge < -0.3 is 15.5 Å². The van der Waals surface area contributed by atoms with Crippen molar-refractivity contribution in [1.82, 2.24) is 20.3 Å². The van der Waals surface area contributed by atoms with Crippen molar-refractivity contribution in [1.29, 1.82) is 0 Å². The molecule has 1 aliphatic heterocycles. The van der Waals surface area contributed by atoms with E-state index in [1.54, 1.807) is 4.68 Å². The molecular formula is C10H18N4O2. The third-order valence-corrected chi connectivity index (χ3v) is 2.87. The van der Waals surface area contributed by atoms with Crippen molar-refractivity contribution in [3.63, 3.8) is 0 Å². The number of aliphatic hydroxyl groups is 2. The molecule has 2 heterocycles. The molecule has 0 aromatic carbocycles. The second-order valence-corrected chi connectivity index (χ2v) is 4.25. The first-order valence-electron chi connectivity index (χ1n) is 5.69. The first-order chi connectivity index (χ1) is 7.70. The quantitative estimate of drug-likeness (QED) is 0.608. The fraction of sp³-hybridized carbons (Fsp3) is 0.800. The SMILES string of the molecule is CCCc1cn(C[C@@H]2NC[C@@H](O)[C@H]2O)nn1. The molecule has 1 saturated heterocycles. The normalized spacial score (nSPS) is 29.8. The van der Waals surface area contributed by atoms with Gasteiger partial charge >= 0.3 is 0 Å². The molecule has 1 fully saturated rings. The molecule has 1 aliphatic rings. The fourth-order valence-electron chi connectivity index (χ4n) is 1.95. The van der Waals surface area contributed by atoms with Crippen molar-refractivity contribution in [2.45, 2.75) is 44.6 Å². The second-order valence-electron chi connectivity index (χ2n) is 4.25. The standard InChI is InChI=1S/C10H18N4O2/c1-2-3-7-5-14(13-12-7)6-8-10(16)9(15)4-11-8/h5,8-11,15-16H,2-4,6H2,1H3/t8-,9+,10-/m0/s1. The van der Waals surface area contributed by atoms with Crippen LogP contribution in [0, 0.1) is 0 Å². The minimum Gasteiger partial charge on any atom is -0.389 e. The first-order valence-corrected chi connectivity index (χ1v) is 5.69. The van der Waals surface area contributed by atoms with Crippen LogP contribution in [0.3, 0.4) is 0 Å². The Kier molecular flexibility index (Phi) is 3.52. The summed E-state index contributed by atoms with van der Waals surface area (Å²) >= 11 is 0. The number of hydrogen-bond donors (Lipinski definition) is 3. The molecule has 0 spiro atoms. The van der Waals surface area contributed by atoms with Gasteiger partial charge in [0.15, 0.2) is 0 Å². The fourth-order valence-corrected chi connectivity index (χ4v) is 1.95.